The number of halogens is 2. The standard InChI is InChI=1S/C25H29ClFN2O3P/c1-3-7-20(17-8-4-5-10-19(17)26)28-21-14-29(13-12-16(21)2)15-22(30)18-9-6-11-23-24(18)32-25(27,33)31-23/h4-11,22,28,30H,3,12-15,33H2,1-2H3/b20-7+. The predicted octanol–water partition coefficient (Wildman–Crippen LogP) is 5.62. The number of nitrogens with zero attached hydrogens (tertiary/aromatic N) is 1. The number of β-amino-alcohol motifs (C(OH)–C–C–N with tert-alkyl or cyclic N) is 1. The minimum absolute atomic E-state index is 0.247. The summed E-state index contributed by atoms with van der Waals surface area (Å²) in [5.74, 6) is -1.77. The molecule has 2 aliphatic heterocycles. The maximum Gasteiger partial charge on any atom is 0.418 e. The number of alkyl halides is 1. The lowest BCUT2D eigenvalue weighted by atomic mass is 10.0. The van der Waals surface area contributed by atoms with Crippen molar-refractivity contribution in [1.82, 2.24) is 10.2 Å². The number of benzene rings is 2. The molecule has 2 N–H and O–H groups in total. The van der Waals surface area contributed by atoms with E-state index in [1.165, 1.54) is 5.57 Å². The van der Waals surface area contributed by atoms with Gasteiger partial charge in [-0.15, -0.1) is 0 Å². The van der Waals surface area contributed by atoms with Gasteiger partial charge < -0.3 is 19.9 Å². The van der Waals surface area contributed by atoms with Crippen LogP contribution >= 0.6 is 20.8 Å². The van der Waals surface area contributed by atoms with Gasteiger partial charge in [-0.25, -0.2) is 0 Å². The van der Waals surface area contributed by atoms with Crippen LogP contribution in [0.2, 0.25) is 5.02 Å². The molecule has 0 aliphatic carbocycles. The monoisotopic (exact) mass is 490 g/mol. The summed E-state index contributed by atoms with van der Waals surface area (Å²) in [7, 11) is 1.89. The van der Waals surface area contributed by atoms with Gasteiger partial charge in [0.15, 0.2) is 11.5 Å². The van der Waals surface area contributed by atoms with Crippen LogP contribution in [0.4, 0.5) is 4.39 Å². The van der Waals surface area contributed by atoms with E-state index < -0.39 is 11.9 Å². The zero-order valence-electron chi connectivity index (χ0n) is 18.8. The molecule has 0 saturated carbocycles. The highest BCUT2D eigenvalue weighted by atomic mass is 35.5. The number of aliphatic hydroxyl groups excluding tert-OH is 1. The van der Waals surface area contributed by atoms with Crippen molar-refractivity contribution in [3.63, 3.8) is 0 Å². The number of aliphatic hydroxyl groups is 1. The van der Waals surface area contributed by atoms with Gasteiger partial charge in [-0.3, -0.25) is 4.90 Å². The van der Waals surface area contributed by atoms with Gasteiger partial charge in [0.1, 0.15) is 0 Å². The van der Waals surface area contributed by atoms with Crippen LogP contribution in [-0.4, -0.2) is 35.4 Å². The fourth-order valence-corrected chi connectivity index (χ4v) is 4.61. The molecule has 2 heterocycles. The van der Waals surface area contributed by atoms with Crippen LogP contribution in [0.25, 0.3) is 5.70 Å². The van der Waals surface area contributed by atoms with Crippen LogP contribution in [0.1, 0.15) is 43.9 Å². The maximum absolute atomic E-state index is 14.1. The number of nitrogens with one attached hydrogen (secondary N) is 1. The molecule has 0 spiro atoms. The number of hydrogen-bond donors (Lipinski definition) is 2. The number of hydrogen-bond acceptors (Lipinski definition) is 5. The molecule has 176 valence electrons. The van der Waals surface area contributed by atoms with Crippen LogP contribution in [0, 0.1) is 0 Å². The van der Waals surface area contributed by atoms with E-state index >= 15 is 0 Å². The lowest BCUT2D eigenvalue weighted by molar-refractivity contribution is -0.105. The lowest BCUT2D eigenvalue weighted by Gasteiger charge is -2.32. The summed E-state index contributed by atoms with van der Waals surface area (Å²) in [5, 5.41) is 15.3. The van der Waals surface area contributed by atoms with Gasteiger partial charge in [0.05, 0.1) is 6.10 Å². The fraction of sp³-hybridized carbons (Fsp3) is 0.360. The number of fused-ring (bicyclic) bond motifs is 1. The van der Waals surface area contributed by atoms with Gasteiger partial charge in [0.2, 0.25) is 0 Å². The van der Waals surface area contributed by atoms with Crippen molar-refractivity contribution in [3.8, 4) is 11.5 Å². The minimum atomic E-state index is -2.30. The Kier molecular flexibility index (Phi) is 7.30. The van der Waals surface area contributed by atoms with E-state index in [0.29, 0.717) is 23.7 Å². The summed E-state index contributed by atoms with van der Waals surface area (Å²) < 4.78 is 24.6. The molecule has 0 bridgehead atoms. The number of para-hydroxylation sites is 1. The van der Waals surface area contributed by atoms with Gasteiger partial charge in [-0.1, -0.05) is 60.5 Å². The van der Waals surface area contributed by atoms with E-state index in [2.05, 4.69) is 30.1 Å². The molecule has 3 atom stereocenters. The Morgan fingerprint density at radius 2 is 2.09 bits per heavy atom. The summed E-state index contributed by atoms with van der Waals surface area (Å²) in [5.41, 5.74) is 4.82. The third-order valence-corrected chi connectivity index (χ3v) is 6.41. The molecule has 0 aromatic heterocycles. The van der Waals surface area contributed by atoms with Crippen LogP contribution in [-0.2, 0) is 0 Å². The molecular weight excluding hydrogens is 462 g/mol. The van der Waals surface area contributed by atoms with Gasteiger partial charge in [0, 0.05) is 47.2 Å². The van der Waals surface area contributed by atoms with Crippen molar-refractivity contribution in [2.24, 2.45) is 0 Å². The Hall–Kier alpha value is -2.11. The van der Waals surface area contributed by atoms with Crippen LogP contribution < -0.4 is 14.8 Å². The smallest absolute Gasteiger partial charge is 0.418 e. The van der Waals surface area contributed by atoms with Crippen molar-refractivity contribution >= 4 is 26.5 Å². The topological polar surface area (TPSA) is 54.0 Å². The Balaban J connectivity index is 1.48. The molecule has 5 nitrogen and oxygen atoms in total. The first kappa shape index (κ1) is 24.0. The molecule has 0 radical (unpaired) electrons. The summed E-state index contributed by atoms with van der Waals surface area (Å²) in [4.78, 5) is 2.18. The highest BCUT2D eigenvalue weighted by Gasteiger charge is 2.39. The normalized spacial score (nSPS) is 21.9. The number of rotatable bonds is 7. The molecule has 2 aromatic rings. The second-order valence-corrected chi connectivity index (χ2v) is 9.45. The Morgan fingerprint density at radius 1 is 1.30 bits per heavy atom. The zero-order valence-corrected chi connectivity index (χ0v) is 20.7. The lowest BCUT2D eigenvalue weighted by Crippen LogP contribution is -2.38. The third-order valence-electron chi connectivity index (χ3n) is 5.85. The Labute approximate surface area is 201 Å². The molecular formula is C25H29ClFN2O3P. The first-order valence-electron chi connectivity index (χ1n) is 11.1. The highest BCUT2D eigenvalue weighted by molar-refractivity contribution is 7.18. The second kappa shape index (κ2) is 10.0. The second-order valence-electron chi connectivity index (χ2n) is 8.35. The van der Waals surface area contributed by atoms with Crippen LogP contribution in [0.3, 0.4) is 0 Å². The van der Waals surface area contributed by atoms with Gasteiger partial charge >= 0.3 is 5.78 Å². The zero-order chi connectivity index (χ0) is 23.6. The molecule has 8 heteroatoms. The van der Waals surface area contributed by atoms with Gasteiger partial charge in [-0.05, 0) is 41.1 Å². The summed E-state index contributed by atoms with van der Waals surface area (Å²) in [6, 6.07) is 12.9. The predicted molar refractivity (Wildman–Crippen MR) is 133 cm³/mol. The maximum atomic E-state index is 14.1. The van der Waals surface area contributed by atoms with Gasteiger partial charge in [-0.2, -0.15) is 4.39 Å². The van der Waals surface area contributed by atoms with Crippen molar-refractivity contribution < 1.29 is 19.0 Å². The van der Waals surface area contributed by atoms with E-state index in [-0.39, 0.29) is 11.5 Å². The average molecular weight is 491 g/mol. The third kappa shape index (κ3) is 5.52. The van der Waals surface area contributed by atoms with E-state index in [1.807, 2.05) is 33.5 Å². The molecule has 0 amide bonds. The first-order chi connectivity index (χ1) is 15.8. The number of ether oxygens (including phenoxy) is 2. The largest absolute Gasteiger partial charge is 0.420 e. The van der Waals surface area contributed by atoms with Gasteiger partial charge in [0.25, 0.3) is 0 Å². The summed E-state index contributed by atoms with van der Waals surface area (Å²) in [6.45, 7) is 6.07. The van der Waals surface area contributed by atoms with E-state index in [1.54, 1.807) is 18.2 Å². The fourth-order valence-electron chi connectivity index (χ4n) is 4.13. The minimum Gasteiger partial charge on any atom is -0.420 e. The van der Waals surface area contributed by atoms with Crippen molar-refractivity contribution in [2.45, 2.75) is 38.6 Å². The molecule has 2 aliphatic rings. The molecule has 33 heavy (non-hydrogen) atoms. The molecule has 2 aromatic carbocycles. The first-order valence-corrected chi connectivity index (χ1v) is 12.0. The SMILES string of the molecule is CC/C=C(/NC1=C(C)CCN(CC(O)c2cccc3c2OC(F)(P)O3)C1)c1ccccc1Cl. The van der Waals surface area contributed by atoms with E-state index in [0.717, 1.165) is 36.3 Å². The Morgan fingerprint density at radius 3 is 2.85 bits per heavy atom. The molecule has 4 rings (SSSR count). The Bertz CT molecular complexity index is 1090. The van der Waals surface area contributed by atoms with Crippen molar-refractivity contribution in [1.29, 1.82) is 0 Å². The summed E-state index contributed by atoms with van der Waals surface area (Å²) >= 11 is 6.45. The van der Waals surface area contributed by atoms with Crippen LogP contribution in [0.5, 0.6) is 11.5 Å². The van der Waals surface area contributed by atoms with Crippen molar-refractivity contribution in [2.75, 3.05) is 19.6 Å². The quantitative estimate of drug-likeness (QED) is 0.493. The van der Waals surface area contributed by atoms with E-state index in [9.17, 15) is 9.50 Å². The van der Waals surface area contributed by atoms with Crippen molar-refractivity contribution in [3.05, 3.63) is 76.0 Å². The average Bonchev–Trinajstić information content (AvgIpc) is 3.09. The summed E-state index contributed by atoms with van der Waals surface area (Å²) in [6.07, 6.45) is 3.03. The number of allylic oxidation sites excluding steroid dienone is 1. The molecule has 0 fully saturated rings. The van der Waals surface area contributed by atoms with E-state index in [4.69, 9.17) is 21.1 Å². The molecule has 3 unspecified atom stereocenters. The van der Waals surface area contributed by atoms with Crippen LogP contribution in [0.15, 0.2) is 59.8 Å². The highest BCUT2D eigenvalue weighted by Crippen LogP contribution is 2.47. The molecule has 0 saturated heterocycles.